The van der Waals surface area contributed by atoms with Crippen LogP contribution >= 0.6 is 0 Å². The molecule has 34 heavy (non-hydrogen) atoms. The molecule has 1 N–H and O–H groups in total. The number of rotatable bonds is 12. The highest BCUT2D eigenvalue weighted by molar-refractivity contribution is 5.94. The Morgan fingerprint density at radius 3 is 2.29 bits per heavy atom. The maximum absolute atomic E-state index is 13.0. The van der Waals surface area contributed by atoms with E-state index in [0.29, 0.717) is 12.2 Å². The maximum atomic E-state index is 13.0. The van der Waals surface area contributed by atoms with Crippen molar-refractivity contribution in [3.63, 3.8) is 0 Å². The van der Waals surface area contributed by atoms with Crippen molar-refractivity contribution in [2.24, 2.45) is 0 Å². The third-order valence-corrected chi connectivity index (χ3v) is 5.81. The second-order valence-electron chi connectivity index (χ2n) is 10.1. The standard InChI is InChI=1S/C27H42N4O3/c1-8-9-10-11-12-13-26(33)30(20(2)3)19-25(32)28-24-18-23(27(4,5)6)29-31(24)21-14-16-22(34-7)17-15-21/h14-18,20H,8-13,19H2,1-7H3,(H,28,32). The fourth-order valence-electron chi connectivity index (χ4n) is 3.68. The highest BCUT2D eigenvalue weighted by Gasteiger charge is 2.24. The lowest BCUT2D eigenvalue weighted by atomic mass is 9.92. The van der Waals surface area contributed by atoms with E-state index in [4.69, 9.17) is 9.84 Å². The topological polar surface area (TPSA) is 76.5 Å². The molecule has 0 fully saturated rings. The first-order valence-corrected chi connectivity index (χ1v) is 12.4. The number of unbranched alkanes of at least 4 members (excludes halogenated alkanes) is 4. The minimum Gasteiger partial charge on any atom is -0.497 e. The zero-order chi connectivity index (χ0) is 25.3. The van der Waals surface area contributed by atoms with Gasteiger partial charge in [0.2, 0.25) is 11.8 Å². The molecule has 2 rings (SSSR count). The lowest BCUT2D eigenvalue weighted by molar-refractivity contribution is -0.136. The molecule has 0 aliphatic heterocycles. The van der Waals surface area contributed by atoms with Gasteiger partial charge in [-0.3, -0.25) is 9.59 Å². The molecule has 1 heterocycles. The van der Waals surface area contributed by atoms with Crippen LogP contribution < -0.4 is 10.1 Å². The molecule has 0 aliphatic carbocycles. The highest BCUT2D eigenvalue weighted by Crippen LogP contribution is 2.27. The summed E-state index contributed by atoms with van der Waals surface area (Å²) in [6.07, 6.45) is 5.92. The van der Waals surface area contributed by atoms with Gasteiger partial charge >= 0.3 is 0 Å². The molecular formula is C27H42N4O3. The third-order valence-electron chi connectivity index (χ3n) is 5.81. The number of aromatic nitrogens is 2. The number of anilines is 1. The van der Waals surface area contributed by atoms with Crippen LogP contribution in [-0.4, -0.2) is 46.2 Å². The van der Waals surface area contributed by atoms with Crippen LogP contribution in [-0.2, 0) is 15.0 Å². The molecule has 1 aromatic carbocycles. The number of benzene rings is 1. The molecule has 2 aromatic rings. The maximum Gasteiger partial charge on any atom is 0.245 e. The third kappa shape index (κ3) is 7.89. The van der Waals surface area contributed by atoms with Crippen LogP contribution in [0, 0.1) is 0 Å². The first-order valence-electron chi connectivity index (χ1n) is 12.4. The number of nitrogens with one attached hydrogen (secondary N) is 1. The van der Waals surface area contributed by atoms with Gasteiger partial charge in [0.25, 0.3) is 0 Å². The molecular weight excluding hydrogens is 428 g/mol. The molecule has 0 aliphatic rings. The van der Waals surface area contributed by atoms with Crippen molar-refractivity contribution in [1.82, 2.24) is 14.7 Å². The summed E-state index contributed by atoms with van der Waals surface area (Å²) in [6, 6.07) is 9.37. The molecule has 1 aromatic heterocycles. The van der Waals surface area contributed by atoms with Gasteiger partial charge in [-0.25, -0.2) is 4.68 Å². The van der Waals surface area contributed by atoms with Gasteiger partial charge in [-0.15, -0.1) is 0 Å². The molecule has 0 spiro atoms. The van der Waals surface area contributed by atoms with Crippen molar-refractivity contribution < 1.29 is 14.3 Å². The Hall–Kier alpha value is -2.83. The van der Waals surface area contributed by atoms with E-state index in [1.54, 1.807) is 16.7 Å². The fraction of sp³-hybridized carbons (Fsp3) is 0.593. The number of methoxy groups -OCH3 is 1. The highest BCUT2D eigenvalue weighted by atomic mass is 16.5. The van der Waals surface area contributed by atoms with Gasteiger partial charge in [0, 0.05) is 23.9 Å². The SMILES string of the molecule is CCCCCCCC(=O)N(CC(=O)Nc1cc(C(C)(C)C)nn1-c1ccc(OC)cc1)C(C)C. The Morgan fingerprint density at radius 1 is 1.09 bits per heavy atom. The predicted octanol–water partition coefficient (Wildman–Crippen LogP) is 5.71. The first kappa shape index (κ1) is 27.4. The summed E-state index contributed by atoms with van der Waals surface area (Å²) < 4.78 is 6.99. The van der Waals surface area contributed by atoms with Crippen molar-refractivity contribution in [2.45, 2.75) is 91.5 Å². The molecule has 0 radical (unpaired) electrons. The summed E-state index contributed by atoms with van der Waals surface area (Å²) in [5.41, 5.74) is 1.49. The van der Waals surface area contributed by atoms with Crippen molar-refractivity contribution >= 4 is 17.6 Å². The van der Waals surface area contributed by atoms with Crippen molar-refractivity contribution in [1.29, 1.82) is 0 Å². The quantitative estimate of drug-likeness (QED) is 0.403. The smallest absolute Gasteiger partial charge is 0.245 e. The number of hydrogen-bond acceptors (Lipinski definition) is 4. The molecule has 0 saturated carbocycles. The molecule has 7 nitrogen and oxygen atoms in total. The van der Waals surface area contributed by atoms with Gasteiger partial charge in [-0.05, 0) is 44.5 Å². The average molecular weight is 471 g/mol. The normalized spacial score (nSPS) is 11.5. The van der Waals surface area contributed by atoms with Gasteiger partial charge in [0.1, 0.15) is 18.1 Å². The molecule has 2 amide bonds. The zero-order valence-corrected chi connectivity index (χ0v) is 22.0. The van der Waals surface area contributed by atoms with E-state index in [2.05, 4.69) is 33.0 Å². The molecule has 0 unspecified atom stereocenters. The van der Waals surface area contributed by atoms with E-state index in [1.807, 2.05) is 44.2 Å². The lowest BCUT2D eigenvalue weighted by Gasteiger charge is -2.26. The number of carbonyl (C=O) groups is 2. The average Bonchev–Trinajstić information content (AvgIpc) is 3.21. The van der Waals surface area contributed by atoms with E-state index in [0.717, 1.165) is 36.4 Å². The summed E-state index contributed by atoms with van der Waals surface area (Å²) in [4.78, 5) is 27.5. The minimum absolute atomic E-state index is 0.0180. The molecule has 7 heteroatoms. The number of ether oxygens (including phenoxy) is 1. The summed E-state index contributed by atoms with van der Waals surface area (Å²) in [5, 5.41) is 7.75. The van der Waals surface area contributed by atoms with Crippen molar-refractivity contribution in [3.05, 3.63) is 36.0 Å². The van der Waals surface area contributed by atoms with Crippen LogP contribution in [0.5, 0.6) is 5.75 Å². The molecule has 0 atom stereocenters. The Morgan fingerprint density at radius 2 is 1.74 bits per heavy atom. The Kier molecular flexibility index (Phi) is 10.1. The summed E-state index contributed by atoms with van der Waals surface area (Å²) in [5.74, 6) is 1.12. The van der Waals surface area contributed by atoms with Gasteiger partial charge in [0.05, 0.1) is 18.5 Å². The summed E-state index contributed by atoms with van der Waals surface area (Å²) in [6.45, 7) is 12.3. The van der Waals surface area contributed by atoms with Gasteiger partial charge in [0.15, 0.2) is 0 Å². The second kappa shape index (κ2) is 12.6. The summed E-state index contributed by atoms with van der Waals surface area (Å²) >= 11 is 0. The predicted molar refractivity (Wildman–Crippen MR) is 138 cm³/mol. The first-order chi connectivity index (χ1) is 16.1. The fourth-order valence-corrected chi connectivity index (χ4v) is 3.68. The van der Waals surface area contributed by atoms with E-state index < -0.39 is 0 Å². The second-order valence-corrected chi connectivity index (χ2v) is 10.1. The number of amides is 2. The van der Waals surface area contributed by atoms with Crippen LogP contribution in [0.2, 0.25) is 0 Å². The summed E-state index contributed by atoms with van der Waals surface area (Å²) in [7, 11) is 1.62. The largest absolute Gasteiger partial charge is 0.497 e. The van der Waals surface area contributed by atoms with Gasteiger partial charge < -0.3 is 15.0 Å². The van der Waals surface area contributed by atoms with Gasteiger partial charge in [-0.1, -0.05) is 53.4 Å². The van der Waals surface area contributed by atoms with Crippen LogP contribution in [0.1, 0.15) is 85.8 Å². The van der Waals surface area contributed by atoms with Crippen LogP contribution in [0.25, 0.3) is 5.69 Å². The van der Waals surface area contributed by atoms with E-state index in [1.165, 1.54) is 12.8 Å². The lowest BCUT2D eigenvalue weighted by Crippen LogP contribution is -2.42. The van der Waals surface area contributed by atoms with E-state index in [-0.39, 0.29) is 29.8 Å². The number of carbonyl (C=O) groups excluding carboxylic acids is 2. The zero-order valence-electron chi connectivity index (χ0n) is 22.0. The molecule has 188 valence electrons. The van der Waals surface area contributed by atoms with E-state index >= 15 is 0 Å². The van der Waals surface area contributed by atoms with Crippen molar-refractivity contribution in [3.8, 4) is 11.4 Å². The molecule has 0 saturated heterocycles. The van der Waals surface area contributed by atoms with Gasteiger partial charge in [-0.2, -0.15) is 5.10 Å². The van der Waals surface area contributed by atoms with Crippen molar-refractivity contribution in [2.75, 3.05) is 19.0 Å². The number of nitrogens with zero attached hydrogens (tertiary/aromatic N) is 3. The van der Waals surface area contributed by atoms with Crippen LogP contribution in [0.15, 0.2) is 30.3 Å². The molecule has 0 bridgehead atoms. The Bertz CT molecular complexity index is 926. The van der Waals surface area contributed by atoms with Crippen LogP contribution in [0.3, 0.4) is 0 Å². The number of hydrogen-bond donors (Lipinski definition) is 1. The van der Waals surface area contributed by atoms with Crippen LogP contribution in [0.4, 0.5) is 5.82 Å². The Labute approximate surface area is 204 Å². The van der Waals surface area contributed by atoms with E-state index in [9.17, 15) is 9.59 Å². The Balaban J connectivity index is 2.16. The monoisotopic (exact) mass is 470 g/mol. The minimum atomic E-state index is -0.233.